The van der Waals surface area contributed by atoms with Crippen LogP contribution in [-0.4, -0.2) is 36.5 Å². The Bertz CT molecular complexity index is 231. The Balaban J connectivity index is 3.79. The second-order valence-electron chi connectivity index (χ2n) is 4.23. The predicted octanol–water partition coefficient (Wildman–Crippen LogP) is 1.64. The zero-order chi connectivity index (χ0) is 12.4. The standard InChI is InChI=1S/C13H24N2O/c1-5-10-15(11-6-2)13(16)8-7-9-14-12(3)4/h1,12,14H,6-11H2,2-4H3. The molecule has 3 nitrogen and oxygen atoms in total. The highest BCUT2D eigenvalue weighted by molar-refractivity contribution is 5.76. The van der Waals surface area contributed by atoms with Crippen molar-refractivity contribution >= 4 is 5.91 Å². The maximum absolute atomic E-state index is 11.8. The molecular weight excluding hydrogens is 200 g/mol. The largest absolute Gasteiger partial charge is 0.332 e. The second-order valence-corrected chi connectivity index (χ2v) is 4.23. The van der Waals surface area contributed by atoms with Crippen LogP contribution in [0.3, 0.4) is 0 Å². The maximum Gasteiger partial charge on any atom is 0.223 e. The van der Waals surface area contributed by atoms with E-state index in [1.54, 1.807) is 4.90 Å². The van der Waals surface area contributed by atoms with E-state index in [0.717, 1.165) is 25.9 Å². The summed E-state index contributed by atoms with van der Waals surface area (Å²) < 4.78 is 0. The van der Waals surface area contributed by atoms with E-state index in [1.807, 2.05) is 0 Å². The van der Waals surface area contributed by atoms with Gasteiger partial charge in [-0.05, 0) is 19.4 Å². The van der Waals surface area contributed by atoms with E-state index in [-0.39, 0.29) is 5.91 Å². The number of hydrogen-bond donors (Lipinski definition) is 1. The van der Waals surface area contributed by atoms with Gasteiger partial charge < -0.3 is 10.2 Å². The highest BCUT2D eigenvalue weighted by Crippen LogP contribution is 1.99. The van der Waals surface area contributed by atoms with Gasteiger partial charge in [-0.25, -0.2) is 0 Å². The van der Waals surface area contributed by atoms with Crippen LogP contribution in [0.15, 0.2) is 0 Å². The molecule has 0 rings (SSSR count). The van der Waals surface area contributed by atoms with E-state index >= 15 is 0 Å². The van der Waals surface area contributed by atoms with Crippen LogP contribution in [0.2, 0.25) is 0 Å². The number of hydrogen-bond acceptors (Lipinski definition) is 2. The molecule has 0 atom stereocenters. The smallest absolute Gasteiger partial charge is 0.223 e. The van der Waals surface area contributed by atoms with Gasteiger partial charge >= 0.3 is 0 Å². The summed E-state index contributed by atoms with van der Waals surface area (Å²) in [6, 6.07) is 0.479. The Hall–Kier alpha value is -1.01. The lowest BCUT2D eigenvalue weighted by atomic mass is 10.2. The lowest BCUT2D eigenvalue weighted by Crippen LogP contribution is -2.33. The molecule has 3 heteroatoms. The SMILES string of the molecule is C#CCN(CCC)C(=O)CCCNC(C)C. The van der Waals surface area contributed by atoms with Gasteiger partial charge in [-0.3, -0.25) is 4.79 Å². The molecule has 0 aliphatic carbocycles. The van der Waals surface area contributed by atoms with E-state index in [0.29, 0.717) is 19.0 Å². The zero-order valence-corrected chi connectivity index (χ0v) is 10.8. The van der Waals surface area contributed by atoms with Gasteiger partial charge in [0.1, 0.15) is 0 Å². The molecule has 0 aromatic rings. The highest BCUT2D eigenvalue weighted by atomic mass is 16.2. The zero-order valence-electron chi connectivity index (χ0n) is 10.8. The predicted molar refractivity (Wildman–Crippen MR) is 68.1 cm³/mol. The van der Waals surface area contributed by atoms with Gasteiger partial charge in [-0.2, -0.15) is 0 Å². The fourth-order valence-electron chi connectivity index (χ4n) is 1.46. The first-order valence-electron chi connectivity index (χ1n) is 6.06. The van der Waals surface area contributed by atoms with Crippen molar-refractivity contribution in [1.82, 2.24) is 10.2 Å². The Labute approximate surface area is 99.6 Å². The minimum Gasteiger partial charge on any atom is -0.332 e. The third kappa shape index (κ3) is 7.30. The van der Waals surface area contributed by atoms with Crippen LogP contribution < -0.4 is 5.32 Å². The number of amides is 1. The Morgan fingerprint density at radius 3 is 2.69 bits per heavy atom. The molecular formula is C13H24N2O. The van der Waals surface area contributed by atoms with Crippen LogP contribution in [-0.2, 0) is 4.79 Å². The summed E-state index contributed by atoms with van der Waals surface area (Å²) in [6.07, 6.45) is 7.65. The molecule has 0 aliphatic rings. The van der Waals surface area contributed by atoms with Crippen LogP contribution in [0.5, 0.6) is 0 Å². The van der Waals surface area contributed by atoms with Gasteiger partial charge in [0, 0.05) is 19.0 Å². The number of nitrogens with one attached hydrogen (secondary N) is 1. The molecule has 92 valence electrons. The van der Waals surface area contributed by atoms with Crippen molar-refractivity contribution in [3.8, 4) is 12.3 Å². The number of carbonyl (C=O) groups excluding carboxylic acids is 1. The van der Waals surface area contributed by atoms with Gasteiger partial charge in [0.15, 0.2) is 0 Å². The van der Waals surface area contributed by atoms with E-state index in [2.05, 4.69) is 32.0 Å². The third-order valence-corrected chi connectivity index (χ3v) is 2.25. The first-order chi connectivity index (χ1) is 7.61. The minimum absolute atomic E-state index is 0.172. The summed E-state index contributed by atoms with van der Waals surface area (Å²) in [4.78, 5) is 13.5. The average Bonchev–Trinajstić information content (AvgIpc) is 2.23. The van der Waals surface area contributed by atoms with E-state index < -0.39 is 0 Å². The van der Waals surface area contributed by atoms with Crippen LogP contribution in [0.1, 0.15) is 40.0 Å². The topological polar surface area (TPSA) is 32.3 Å². The molecule has 0 aromatic carbocycles. The van der Waals surface area contributed by atoms with Crippen molar-refractivity contribution in [2.45, 2.75) is 46.1 Å². The fourth-order valence-corrected chi connectivity index (χ4v) is 1.46. The fraction of sp³-hybridized carbons (Fsp3) is 0.769. The Kier molecular flexibility index (Phi) is 8.65. The van der Waals surface area contributed by atoms with Crippen molar-refractivity contribution in [1.29, 1.82) is 0 Å². The summed E-state index contributed by atoms with van der Waals surface area (Å²) in [5.74, 6) is 2.70. The molecule has 0 saturated carbocycles. The minimum atomic E-state index is 0.172. The summed E-state index contributed by atoms with van der Waals surface area (Å²) >= 11 is 0. The molecule has 0 spiro atoms. The second kappa shape index (κ2) is 9.23. The van der Waals surface area contributed by atoms with Crippen LogP contribution in [0.4, 0.5) is 0 Å². The van der Waals surface area contributed by atoms with Crippen LogP contribution >= 0.6 is 0 Å². The summed E-state index contributed by atoms with van der Waals surface area (Å²) in [7, 11) is 0. The monoisotopic (exact) mass is 224 g/mol. The number of nitrogens with zero attached hydrogens (tertiary/aromatic N) is 1. The van der Waals surface area contributed by atoms with E-state index in [9.17, 15) is 4.79 Å². The number of terminal acetylenes is 1. The van der Waals surface area contributed by atoms with Gasteiger partial charge in [0.2, 0.25) is 5.91 Å². The lowest BCUT2D eigenvalue weighted by Gasteiger charge is -2.19. The molecule has 0 aliphatic heterocycles. The Morgan fingerprint density at radius 1 is 1.50 bits per heavy atom. The van der Waals surface area contributed by atoms with Crippen LogP contribution in [0.25, 0.3) is 0 Å². The highest BCUT2D eigenvalue weighted by Gasteiger charge is 2.10. The molecule has 0 bridgehead atoms. The van der Waals surface area contributed by atoms with E-state index in [1.165, 1.54) is 0 Å². The van der Waals surface area contributed by atoms with Crippen molar-refractivity contribution in [3.05, 3.63) is 0 Å². The molecule has 0 saturated heterocycles. The third-order valence-electron chi connectivity index (χ3n) is 2.25. The molecule has 0 aromatic heterocycles. The van der Waals surface area contributed by atoms with Crippen molar-refractivity contribution < 1.29 is 4.79 Å². The lowest BCUT2D eigenvalue weighted by molar-refractivity contribution is -0.130. The quantitative estimate of drug-likeness (QED) is 0.502. The summed E-state index contributed by atoms with van der Waals surface area (Å²) in [6.45, 7) is 8.34. The molecule has 1 amide bonds. The number of carbonyl (C=O) groups is 1. The van der Waals surface area contributed by atoms with Gasteiger partial charge in [-0.15, -0.1) is 6.42 Å². The normalized spacial score (nSPS) is 10.2. The molecule has 0 radical (unpaired) electrons. The molecule has 0 unspecified atom stereocenters. The molecule has 16 heavy (non-hydrogen) atoms. The van der Waals surface area contributed by atoms with Crippen LogP contribution in [0, 0.1) is 12.3 Å². The first kappa shape index (κ1) is 15.0. The maximum atomic E-state index is 11.8. The first-order valence-corrected chi connectivity index (χ1v) is 6.06. The number of rotatable bonds is 8. The van der Waals surface area contributed by atoms with Crippen molar-refractivity contribution in [2.24, 2.45) is 0 Å². The summed E-state index contributed by atoms with van der Waals surface area (Å²) in [5, 5.41) is 3.29. The summed E-state index contributed by atoms with van der Waals surface area (Å²) in [5.41, 5.74) is 0. The van der Waals surface area contributed by atoms with E-state index in [4.69, 9.17) is 6.42 Å². The average molecular weight is 224 g/mol. The molecule has 1 N–H and O–H groups in total. The van der Waals surface area contributed by atoms with Gasteiger partial charge in [0.25, 0.3) is 0 Å². The Morgan fingerprint density at radius 2 is 2.19 bits per heavy atom. The van der Waals surface area contributed by atoms with Gasteiger partial charge in [-0.1, -0.05) is 26.7 Å². The van der Waals surface area contributed by atoms with Crippen molar-refractivity contribution in [3.63, 3.8) is 0 Å². The van der Waals surface area contributed by atoms with Gasteiger partial charge in [0.05, 0.1) is 6.54 Å². The molecule has 0 heterocycles. The van der Waals surface area contributed by atoms with Crippen molar-refractivity contribution in [2.75, 3.05) is 19.6 Å². The molecule has 0 fully saturated rings.